The molecule has 2 unspecified atom stereocenters. The molecule has 0 aliphatic carbocycles. The molecule has 2 aromatic heterocycles. The van der Waals surface area contributed by atoms with Crippen molar-refractivity contribution in [1.29, 1.82) is 0 Å². The molecule has 4 heterocycles. The monoisotopic (exact) mass is 498 g/mol. The Morgan fingerprint density at radius 1 is 1.14 bits per heavy atom. The van der Waals surface area contributed by atoms with E-state index in [0.29, 0.717) is 30.8 Å². The highest BCUT2D eigenvalue weighted by Crippen LogP contribution is 2.47. The number of carbonyl (C=O) groups is 1. The zero-order chi connectivity index (χ0) is 24.6. The Morgan fingerprint density at radius 3 is 2.66 bits per heavy atom. The summed E-state index contributed by atoms with van der Waals surface area (Å²) in [5.41, 5.74) is 0.209. The van der Waals surface area contributed by atoms with E-state index in [1.807, 2.05) is 17.0 Å². The van der Waals surface area contributed by atoms with Crippen LogP contribution in [0.25, 0.3) is 0 Å². The number of nitrogens with zero attached hydrogens (tertiary/aromatic N) is 5. The van der Waals surface area contributed by atoms with E-state index in [1.54, 1.807) is 23.9 Å². The van der Waals surface area contributed by atoms with E-state index in [0.717, 1.165) is 41.4 Å². The third-order valence-corrected chi connectivity index (χ3v) is 7.44. The maximum atomic E-state index is 14.0. The van der Waals surface area contributed by atoms with Gasteiger partial charge in [0.05, 0.1) is 30.2 Å². The first-order chi connectivity index (χ1) is 16.9. The van der Waals surface area contributed by atoms with E-state index in [9.17, 15) is 18.0 Å². The van der Waals surface area contributed by atoms with Crippen molar-refractivity contribution in [3.8, 4) is 0 Å². The van der Waals surface area contributed by atoms with Gasteiger partial charge in [-0.3, -0.25) is 9.79 Å². The quantitative estimate of drug-likeness (QED) is 0.561. The molecule has 1 N–H and O–H groups in total. The highest BCUT2D eigenvalue weighted by Gasteiger charge is 2.50. The summed E-state index contributed by atoms with van der Waals surface area (Å²) in [5, 5.41) is 3.67. The number of nitrogens with one attached hydrogen (secondary N) is 1. The fourth-order valence-electron chi connectivity index (χ4n) is 4.50. The van der Waals surface area contributed by atoms with Gasteiger partial charge in [0.15, 0.2) is 17.3 Å². The van der Waals surface area contributed by atoms with Crippen molar-refractivity contribution in [3.63, 3.8) is 0 Å². The molecule has 1 amide bonds. The molecule has 0 saturated carbocycles. The van der Waals surface area contributed by atoms with Crippen LogP contribution in [0, 0.1) is 23.4 Å². The van der Waals surface area contributed by atoms with Crippen LogP contribution in [0.2, 0.25) is 0 Å². The lowest BCUT2D eigenvalue weighted by molar-refractivity contribution is 0.101. The van der Waals surface area contributed by atoms with Gasteiger partial charge in [0, 0.05) is 30.0 Å². The minimum Gasteiger partial charge on any atom is -0.338 e. The van der Waals surface area contributed by atoms with Crippen molar-refractivity contribution in [3.05, 3.63) is 77.6 Å². The molecule has 0 spiro atoms. The van der Waals surface area contributed by atoms with Gasteiger partial charge in [0.25, 0.3) is 5.91 Å². The molecule has 35 heavy (non-hydrogen) atoms. The number of aromatic nitrogens is 3. The van der Waals surface area contributed by atoms with Crippen LogP contribution in [-0.4, -0.2) is 44.7 Å². The Morgan fingerprint density at radius 2 is 1.91 bits per heavy atom. The summed E-state index contributed by atoms with van der Waals surface area (Å²) in [5.74, 6) is -1.78. The topological polar surface area (TPSA) is 83.4 Å². The highest BCUT2D eigenvalue weighted by molar-refractivity contribution is 8.14. The molecule has 1 saturated heterocycles. The van der Waals surface area contributed by atoms with Crippen LogP contribution >= 0.6 is 11.8 Å². The second kappa shape index (κ2) is 9.29. The Bertz CT molecular complexity index is 1300. The number of hydrogen-bond acceptors (Lipinski definition) is 7. The number of anilines is 2. The van der Waals surface area contributed by atoms with Crippen LogP contribution < -0.4 is 10.2 Å². The summed E-state index contributed by atoms with van der Waals surface area (Å²) in [6.07, 6.45) is 3.87. The standard InChI is InChI=1S/C24H21F3N6OS/c1-2-20-32-24(13-33(11-15(24)12-35-20)23-29-9-17(26)10-30-23)14-4-3-5-18(6-14)31-22(34)21-19(27)7-16(25)8-28-21/h3-10,15H,2,11-13H2,1H3,(H,31,34). The second-order valence-corrected chi connectivity index (χ2v) is 9.49. The molecule has 1 fully saturated rings. The van der Waals surface area contributed by atoms with Gasteiger partial charge in [0.1, 0.15) is 11.4 Å². The zero-order valence-corrected chi connectivity index (χ0v) is 19.5. The number of pyridine rings is 1. The number of aliphatic imine (C=N–C) groups is 1. The number of benzene rings is 1. The van der Waals surface area contributed by atoms with Crippen LogP contribution in [0.1, 0.15) is 29.4 Å². The Labute approximate surface area is 203 Å². The molecule has 1 aromatic carbocycles. The minimum atomic E-state index is -1.04. The van der Waals surface area contributed by atoms with Crippen molar-refractivity contribution in [2.24, 2.45) is 10.9 Å². The molecule has 3 aromatic rings. The lowest BCUT2D eigenvalue weighted by Gasteiger charge is -2.35. The highest BCUT2D eigenvalue weighted by atomic mass is 32.2. The molecular formula is C24H21F3N6OS. The molecule has 7 nitrogen and oxygen atoms in total. The summed E-state index contributed by atoms with van der Waals surface area (Å²) in [6, 6.07) is 7.86. The summed E-state index contributed by atoms with van der Waals surface area (Å²) < 4.78 is 40.6. The summed E-state index contributed by atoms with van der Waals surface area (Å²) in [7, 11) is 0. The second-order valence-electron chi connectivity index (χ2n) is 8.39. The molecule has 2 aliphatic rings. The van der Waals surface area contributed by atoms with Crippen LogP contribution in [0.4, 0.5) is 24.8 Å². The smallest absolute Gasteiger partial charge is 0.277 e. The van der Waals surface area contributed by atoms with Crippen molar-refractivity contribution in [2.75, 3.05) is 29.1 Å². The van der Waals surface area contributed by atoms with E-state index >= 15 is 0 Å². The van der Waals surface area contributed by atoms with E-state index < -0.39 is 34.6 Å². The minimum absolute atomic E-state index is 0.124. The van der Waals surface area contributed by atoms with E-state index in [4.69, 9.17) is 4.99 Å². The number of thioether (sulfide) groups is 1. The van der Waals surface area contributed by atoms with Crippen LogP contribution in [0.5, 0.6) is 0 Å². The van der Waals surface area contributed by atoms with Gasteiger partial charge in [0.2, 0.25) is 5.95 Å². The number of hydrogen-bond donors (Lipinski definition) is 1. The number of fused-ring (bicyclic) bond motifs is 1. The maximum Gasteiger partial charge on any atom is 0.277 e. The molecule has 11 heteroatoms. The van der Waals surface area contributed by atoms with E-state index in [-0.39, 0.29) is 5.92 Å². The van der Waals surface area contributed by atoms with Crippen molar-refractivity contribution < 1.29 is 18.0 Å². The molecule has 180 valence electrons. The number of amides is 1. The van der Waals surface area contributed by atoms with Gasteiger partial charge in [-0.25, -0.2) is 28.1 Å². The molecule has 0 radical (unpaired) electrons. The van der Waals surface area contributed by atoms with Crippen LogP contribution in [0.15, 0.2) is 53.9 Å². The molecule has 5 rings (SSSR count). The van der Waals surface area contributed by atoms with Crippen molar-refractivity contribution in [2.45, 2.75) is 18.9 Å². The zero-order valence-electron chi connectivity index (χ0n) is 18.7. The first-order valence-corrected chi connectivity index (χ1v) is 12.0. The third kappa shape index (κ3) is 4.47. The maximum absolute atomic E-state index is 14.0. The molecule has 2 atom stereocenters. The third-order valence-electron chi connectivity index (χ3n) is 6.16. The Hall–Kier alpha value is -3.47. The Kier molecular flexibility index (Phi) is 6.18. The normalized spacial score (nSPS) is 21.4. The summed E-state index contributed by atoms with van der Waals surface area (Å²) in [4.78, 5) is 31.6. The van der Waals surface area contributed by atoms with Crippen molar-refractivity contribution >= 4 is 34.3 Å². The first-order valence-electron chi connectivity index (χ1n) is 11.0. The summed E-state index contributed by atoms with van der Waals surface area (Å²) >= 11 is 1.72. The van der Waals surface area contributed by atoms with Gasteiger partial charge in [-0.15, -0.1) is 11.8 Å². The Balaban J connectivity index is 1.48. The molecular weight excluding hydrogens is 477 g/mol. The van der Waals surface area contributed by atoms with Gasteiger partial charge >= 0.3 is 0 Å². The van der Waals surface area contributed by atoms with E-state index in [1.165, 1.54) is 0 Å². The SMILES string of the molecule is CCC1=NC2(c3cccc(NC(=O)c4ncc(F)cc4F)c3)CN(c3ncc(F)cn3)CC2CS1. The fraction of sp³-hybridized carbons (Fsp3) is 0.292. The molecule has 0 bridgehead atoms. The average molecular weight is 499 g/mol. The van der Waals surface area contributed by atoms with Gasteiger partial charge in [-0.05, 0) is 24.1 Å². The fourth-order valence-corrected chi connectivity index (χ4v) is 5.71. The largest absolute Gasteiger partial charge is 0.338 e. The molecule has 2 aliphatic heterocycles. The van der Waals surface area contributed by atoms with Gasteiger partial charge in [-0.2, -0.15) is 0 Å². The van der Waals surface area contributed by atoms with E-state index in [2.05, 4.69) is 27.2 Å². The summed E-state index contributed by atoms with van der Waals surface area (Å²) in [6.45, 7) is 3.18. The average Bonchev–Trinajstić information content (AvgIpc) is 3.24. The van der Waals surface area contributed by atoms with Crippen molar-refractivity contribution in [1.82, 2.24) is 15.0 Å². The first kappa shape index (κ1) is 23.3. The van der Waals surface area contributed by atoms with Gasteiger partial charge in [-0.1, -0.05) is 19.1 Å². The number of halogens is 3. The van der Waals surface area contributed by atoms with Crippen LogP contribution in [0.3, 0.4) is 0 Å². The predicted molar refractivity (Wildman–Crippen MR) is 128 cm³/mol. The van der Waals surface area contributed by atoms with Crippen LogP contribution in [-0.2, 0) is 5.54 Å². The predicted octanol–water partition coefficient (Wildman–Crippen LogP) is 4.43. The van der Waals surface area contributed by atoms with Gasteiger partial charge < -0.3 is 10.2 Å². The number of carbonyl (C=O) groups excluding carboxylic acids is 1. The lowest BCUT2D eigenvalue weighted by atomic mass is 9.81. The lowest BCUT2D eigenvalue weighted by Crippen LogP contribution is -2.38. The number of rotatable bonds is 5.